The average molecular weight is 430 g/mol. The van der Waals surface area contributed by atoms with Gasteiger partial charge in [0.1, 0.15) is 5.75 Å². The minimum atomic E-state index is -0.214. The van der Waals surface area contributed by atoms with Crippen LogP contribution in [0.2, 0.25) is 0 Å². The first-order valence-corrected chi connectivity index (χ1v) is 11.7. The first-order valence-electron chi connectivity index (χ1n) is 10.8. The van der Waals surface area contributed by atoms with Crippen LogP contribution < -0.4 is 15.4 Å². The van der Waals surface area contributed by atoms with Gasteiger partial charge in [0.05, 0.1) is 18.7 Å². The van der Waals surface area contributed by atoms with Gasteiger partial charge in [-0.3, -0.25) is 14.9 Å². The molecule has 7 heteroatoms. The summed E-state index contributed by atoms with van der Waals surface area (Å²) in [5.41, 5.74) is 1.37. The molecule has 1 aliphatic carbocycles. The molecule has 0 bridgehead atoms. The molecule has 1 unspecified atom stereocenters. The second kappa shape index (κ2) is 11.1. The molecule has 30 heavy (non-hydrogen) atoms. The molecule has 1 heterocycles. The number of thiazole rings is 1. The number of aromatic nitrogens is 1. The van der Waals surface area contributed by atoms with Gasteiger partial charge in [-0.1, -0.05) is 39.0 Å². The quantitative estimate of drug-likeness (QED) is 0.497. The summed E-state index contributed by atoms with van der Waals surface area (Å²) in [4.78, 5) is 30.7. The van der Waals surface area contributed by atoms with E-state index in [0.717, 1.165) is 42.8 Å². The zero-order valence-electron chi connectivity index (χ0n) is 17.8. The lowest BCUT2D eigenvalue weighted by molar-refractivity contribution is -0.122. The molecule has 0 aliphatic heterocycles. The number of ether oxygens (including phenoxy) is 1. The molecule has 1 aromatic heterocycles. The molecule has 2 amide bonds. The Morgan fingerprint density at radius 2 is 1.87 bits per heavy atom. The van der Waals surface area contributed by atoms with Crippen molar-refractivity contribution in [2.45, 2.75) is 64.2 Å². The molecule has 2 N–H and O–H groups in total. The highest BCUT2D eigenvalue weighted by atomic mass is 32.1. The smallest absolute Gasteiger partial charge is 0.257 e. The lowest BCUT2D eigenvalue weighted by atomic mass is 10.1. The van der Waals surface area contributed by atoms with E-state index in [2.05, 4.69) is 22.5 Å². The van der Waals surface area contributed by atoms with Crippen molar-refractivity contribution in [1.82, 2.24) is 10.3 Å². The number of benzene rings is 1. The third kappa shape index (κ3) is 5.81. The van der Waals surface area contributed by atoms with E-state index >= 15 is 0 Å². The highest BCUT2D eigenvalue weighted by molar-refractivity contribution is 7.16. The zero-order chi connectivity index (χ0) is 21.3. The van der Waals surface area contributed by atoms with Crippen molar-refractivity contribution in [3.8, 4) is 5.75 Å². The van der Waals surface area contributed by atoms with Gasteiger partial charge in [-0.15, -0.1) is 11.3 Å². The summed E-state index contributed by atoms with van der Waals surface area (Å²) in [5, 5.41) is 6.48. The fraction of sp³-hybridized carbons (Fsp3) is 0.522. The van der Waals surface area contributed by atoms with Crippen LogP contribution in [0.5, 0.6) is 5.75 Å². The summed E-state index contributed by atoms with van der Waals surface area (Å²) in [7, 11) is 1.59. The number of fused-ring (bicyclic) bond motifs is 1. The Hall–Kier alpha value is -2.41. The lowest BCUT2D eigenvalue weighted by Gasteiger charge is -2.10. The van der Waals surface area contributed by atoms with E-state index in [0.29, 0.717) is 16.4 Å². The standard InChI is InChI=1S/C23H31N3O3S/c1-3-4-5-6-7-8-15-24-22(28)18-13-14-19-20(18)25-23(30-19)26-21(27)16-9-11-17(29-2)12-10-16/h9-12,18H,3-8,13-15H2,1-2H3,(H,24,28)(H,25,26,27). The summed E-state index contributed by atoms with van der Waals surface area (Å²) in [6.07, 6.45) is 8.86. The van der Waals surface area contributed by atoms with Gasteiger partial charge >= 0.3 is 0 Å². The molecule has 6 nitrogen and oxygen atoms in total. The van der Waals surface area contributed by atoms with E-state index in [-0.39, 0.29) is 17.7 Å². The van der Waals surface area contributed by atoms with Gasteiger partial charge in [-0.25, -0.2) is 4.98 Å². The number of methoxy groups -OCH3 is 1. The molecule has 162 valence electrons. The number of carbonyl (C=O) groups excluding carboxylic acids is 2. The summed E-state index contributed by atoms with van der Waals surface area (Å²) >= 11 is 1.47. The molecule has 0 saturated heterocycles. The fourth-order valence-corrected chi connectivity index (χ4v) is 4.72. The highest BCUT2D eigenvalue weighted by Crippen LogP contribution is 2.38. The Bertz CT molecular complexity index is 848. The molecule has 0 fully saturated rings. The number of aryl methyl sites for hydroxylation is 1. The molecule has 2 aromatic rings. The van der Waals surface area contributed by atoms with Gasteiger partial charge < -0.3 is 10.1 Å². The number of anilines is 1. The summed E-state index contributed by atoms with van der Waals surface area (Å²) in [6.45, 7) is 2.94. The van der Waals surface area contributed by atoms with Crippen molar-refractivity contribution in [3.63, 3.8) is 0 Å². The second-order valence-electron chi connectivity index (χ2n) is 7.66. The molecule has 0 radical (unpaired) electrons. The van der Waals surface area contributed by atoms with Crippen LogP contribution in [0.15, 0.2) is 24.3 Å². The van der Waals surface area contributed by atoms with Gasteiger partial charge in [-0.2, -0.15) is 0 Å². The van der Waals surface area contributed by atoms with Crippen LogP contribution in [-0.2, 0) is 11.2 Å². The van der Waals surface area contributed by atoms with Crippen LogP contribution in [0.25, 0.3) is 0 Å². The van der Waals surface area contributed by atoms with Gasteiger partial charge in [0, 0.05) is 17.0 Å². The zero-order valence-corrected chi connectivity index (χ0v) is 18.6. The first-order chi connectivity index (χ1) is 14.6. The normalized spacial score (nSPS) is 14.9. The average Bonchev–Trinajstić information content (AvgIpc) is 3.33. The number of hydrogen-bond acceptors (Lipinski definition) is 5. The van der Waals surface area contributed by atoms with Crippen LogP contribution in [0.3, 0.4) is 0 Å². The molecule has 0 spiro atoms. The second-order valence-corrected chi connectivity index (χ2v) is 8.74. The number of nitrogens with one attached hydrogen (secondary N) is 2. The Balaban J connectivity index is 1.49. The van der Waals surface area contributed by atoms with Crippen molar-refractivity contribution in [1.29, 1.82) is 0 Å². The highest BCUT2D eigenvalue weighted by Gasteiger charge is 2.32. The predicted octanol–water partition coefficient (Wildman–Crippen LogP) is 4.91. The van der Waals surface area contributed by atoms with E-state index in [4.69, 9.17) is 4.74 Å². The van der Waals surface area contributed by atoms with Crippen molar-refractivity contribution < 1.29 is 14.3 Å². The van der Waals surface area contributed by atoms with E-state index in [9.17, 15) is 9.59 Å². The molecule has 1 atom stereocenters. The van der Waals surface area contributed by atoms with Crippen LogP contribution in [0.4, 0.5) is 5.13 Å². The molecule has 1 aliphatic rings. The lowest BCUT2D eigenvalue weighted by Crippen LogP contribution is -2.29. The maximum Gasteiger partial charge on any atom is 0.257 e. The minimum Gasteiger partial charge on any atom is -0.497 e. The monoisotopic (exact) mass is 429 g/mol. The Morgan fingerprint density at radius 1 is 1.13 bits per heavy atom. The molecular formula is C23H31N3O3S. The van der Waals surface area contributed by atoms with Gasteiger partial charge in [-0.05, 0) is 43.5 Å². The first kappa shape index (κ1) is 22.3. The Morgan fingerprint density at radius 3 is 2.60 bits per heavy atom. The van der Waals surface area contributed by atoms with Crippen LogP contribution in [0, 0.1) is 0 Å². The molecule has 0 saturated carbocycles. The largest absolute Gasteiger partial charge is 0.497 e. The van der Waals surface area contributed by atoms with Crippen molar-refractivity contribution >= 4 is 28.3 Å². The maximum absolute atomic E-state index is 12.6. The van der Waals surface area contributed by atoms with Crippen molar-refractivity contribution in [3.05, 3.63) is 40.4 Å². The minimum absolute atomic E-state index is 0.0561. The van der Waals surface area contributed by atoms with Gasteiger partial charge in [0.2, 0.25) is 5.91 Å². The number of carbonyl (C=O) groups is 2. The number of hydrogen-bond donors (Lipinski definition) is 2. The maximum atomic E-state index is 12.6. The van der Waals surface area contributed by atoms with E-state index in [1.807, 2.05) is 0 Å². The number of amides is 2. The molecular weight excluding hydrogens is 398 g/mol. The SMILES string of the molecule is CCCCCCCCNC(=O)C1CCc2sc(NC(=O)c3ccc(OC)cc3)nc21. The van der Waals surface area contributed by atoms with E-state index in [1.54, 1.807) is 31.4 Å². The van der Waals surface area contributed by atoms with Gasteiger partial charge in [0.15, 0.2) is 5.13 Å². The van der Waals surface area contributed by atoms with Crippen molar-refractivity contribution in [2.24, 2.45) is 0 Å². The third-order valence-corrected chi connectivity index (χ3v) is 6.48. The molecule has 1 aromatic carbocycles. The Kier molecular flexibility index (Phi) is 8.25. The number of nitrogens with zero attached hydrogens (tertiary/aromatic N) is 1. The number of rotatable bonds is 11. The summed E-state index contributed by atoms with van der Waals surface area (Å²) in [5.74, 6) is 0.340. The Labute approximate surface area is 182 Å². The van der Waals surface area contributed by atoms with E-state index < -0.39 is 0 Å². The van der Waals surface area contributed by atoms with Crippen LogP contribution in [0.1, 0.15) is 78.7 Å². The fourth-order valence-electron chi connectivity index (χ4n) is 3.69. The van der Waals surface area contributed by atoms with Crippen LogP contribution >= 0.6 is 11.3 Å². The van der Waals surface area contributed by atoms with E-state index in [1.165, 1.54) is 37.0 Å². The topological polar surface area (TPSA) is 80.3 Å². The predicted molar refractivity (Wildman–Crippen MR) is 121 cm³/mol. The summed E-state index contributed by atoms with van der Waals surface area (Å²) in [6, 6.07) is 6.93. The number of unbranched alkanes of at least 4 members (excludes halogenated alkanes) is 5. The summed E-state index contributed by atoms with van der Waals surface area (Å²) < 4.78 is 5.12. The molecule has 3 rings (SSSR count). The van der Waals surface area contributed by atoms with Crippen LogP contribution in [-0.4, -0.2) is 30.5 Å². The third-order valence-electron chi connectivity index (χ3n) is 5.44. The van der Waals surface area contributed by atoms with Crippen molar-refractivity contribution in [2.75, 3.05) is 19.0 Å². The van der Waals surface area contributed by atoms with Gasteiger partial charge in [0.25, 0.3) is 5.91 Å².